The Balaban J connectivity index is 3.61. The van der Waals surface area contributed by atoms with Crippen molar-refractivity contribution < 1.29 is 14.7 Å². The van der Waals surface area contributed by atoms with Crippen LogP contribution in [0, 0.1) is 0 Å². The topological polar surface area (TPSA) is 78.4 Å². The van der Waals surface area contributed by atoms with E-state index in [2.05, 4.69) is 10.6 Å². The molecule has 0 rings (SSSR count). The second-order valence-electron chi connectivity index (χ2n) is 3.60. The first-order valence-corrected chi connectivity index (χ1v) is 4.66. The zero-order valence-corrected chi connectivity index (χ0v) is 8.83. The first kappa shape index (κ1) is 12.9. The SMILES string of the molecule is CC(C)NC(=O)CNC(C)CC(=O)O. The van der Waals surface area contributed by atoms with Gasteiger partial charge in [-0.2, -0.15) is 0 Å². The van der Waals surface area contributed by atoms with E-state index < -0.39 is 5.97 Å². The predicted molar refractivity (Wildman–Crippen MR) is 53.0 cm³/mol. The molecule has 0 aromatic carbocycles. The Labute approximate surface area is 83.9 Å². The maximum Gasteiger partial charge on any atom is 0.304 e. The number of nitrogens with one attached hydrogen (secondary N) is 2. The van der Waals surface area contributed by atoms with Crippen molar-refractivity contribution in [1.29, 1.82) is 0 Å². The van der Waals surface area contributed by atoms with Gasteiger partial charge in [0.25, 0.3) is 0 Å². The van der Waals surface area contributed by atoms with E-state index in [1.165, 1.54) is 0 Å². The van der Waals surface area contributed by atoms with Gasteiger partial charge in [0.2, 0.25) is 5.91 Å². The largest absolute Gasteiger partial charge is 0.481 e. The zero-order valence-electron chi connectivity index (χ0n) is 8.83. The van der Waals surface area contributed by atoms with Crippen molar-refractivity contribution in [2.75, 3.05) is 6.54 Å². The molecule has 0 bridgehead atoms. The summed E-state index contributed by atoms with van der Waals surface area (Å²) in [6, 6.07) is -0.0792. The molecule has 0 heterocycles. The van der Waals surface area contributed by atoms with Crippen LogP contribution >= 0.6 is 0 Å². The number of carboxylic acids is 1. The van der Waals surface area contributed by atoms with E-state index in [0.717, 1.165) is 0 Å². The van der Waals surface area contributed by atoms with Gasteiger partial charge in [-0.3, -0.25) is 9.59 Å². The zero-order chi connectivity index (χ0) is 11.1. The van der Waals surface area contributed by atoms with Crippen molar-refractivity contribution >= 4 is 11.9 Å². The summed E-state index contributed by atoms with van der Waals surface area (Å²) in [5, 5.41) is 14.0. The van der Waals surface area contributed by atoms with Gasteiger partial charge in [-0.15, -0.1) is 0 Å². The van der Waals surface area contributed by atoms with Gasteiger partial charge in [0.1, 0.15) is 0 Å². The Bertz CT molecular complexity index is 204. The van der Waals surface area contributed by atoms with Crippen LogP contribution in [-0.2, 0) is 9.59 Å². The smallest absolute Gasteiger partial charge is 0.304 e. The van der Waals surface area contributed by atoms with Gasteiger partial charge in [-0.05, 0) is 20.8 Å². The predicted octanol–water partition coefficient (Wildman–Crippen LogP) is -0.0362. The third-order valence-corrected chi connectivity index (χ3v) is 1.54. The Hall–Kier alpha value is -1.10. The van der Waals surface area contributed by atoms with Gasteiger partial charge in [0.15, 0.2) is 0 Å². The maximum absolute atomic E-state index is 11.1. The first-order valence-electron chi connectivity index (χ1n) is 4.66. The molecule has 14 heavy (non-hydrogen) atoms. The Morgan fingerprint density at radius 3 is 2.29 bits per heavy atom. The van der Waals surface area contributed by atoms with Crippen molar-refractivity contribution in [1.82, 2.24) is 10.6 Å². The molecule has 1 amide bonds. The third-order valence-electron chi connectivity index (χ3n) is 1.54. The highest BCUT2D eigenvalue weighted by Crippen LogP contribution is 1.89. The molecule has 0 spiro atoms. The molecule has 0 aliphatic rings. The number of aliphatic carboxylic acids is 1. The molecule has 3 N–H and O–H groups in total. The summed E-state index contributed by atoms with van der Waals surface area (Å²) in [5.41, 5.74) is 0. The van der Waals surface area contributed by atoms with Gasteiger partial charge < -0.3 is 15.7 Å². The molecule has 0 aromatic rings. The van der Waals surface area contributed by atoms with E-state index in [1.807, 2.05) is 13.8 Å². The number of hydrogen-bond acceptors (Lipinski definition) is 3. The second kappa shape index (κ2) is 6.37. The molecule has 5 nitrogen and oxygen atoms in total. The molecule has 0 radical (unpaired) electrons. The van der Waals surface area contributed by atoms with Gasteiger partial charge in [-0.25, -0.2) is 0 Å². The minimum Gasteiger partial charge on any atom is -0.481 e. The minimum atomic E-state index is -0.866. The van der Waals surface area contributed by atoms with Crippen LogP contribution in [0.5, 0.6) is 0 Å². The van der Waals surface area contributed by atoms with Crippen LogP contribution in [0.1, 0.15) is 27.2 Å². The summed E-state index contributed by atoms with van der Waals surface area (Å²) in [6.07, 6.45) is 0.0228. The Morgan fingerprint density at radius 1 is 1.29 bits per heavy atom. The number of rotatable bonds is 6. The summed E-state index contributed by atoms with van der Waals surface area (Å²) in [4.78, 5) is 21.4. The van der Waals surface area contributed by atoms with Crippen LogP contribution < -0.4 is 10.6 Å². The molecule has 0 aliphatic heterocycles. The van der Waals surface area contributed by atoms with E-state index in [4.69, 9.17) is 5.11 Å². The molecule has 0 saturated heterocycles. The maximum atomic E-state index is 11.1. The van der Waals surface area contributed by atoms with Crippen molar-refractivity contribution in [2.24, 2.45) is 0 Å². The highest BCUT2D eigenvalue weighted by molar-refractivity contribution is 5.78. The standard InChI is InChI=1S/C9H18N2O3/c1-6(2)11-8(12)5-10-7(3)4-9(13)14/h6-7,10H,4-5H2,1-3H3,(H,11,12)(H,13,14). The fraction of sp³-hybridized carbons (Fsp3) is 0.778. The molecular formula is C9H18N2O3. The van der Waals surface area contributed by atoms with Crippen molar-refractivity contribution in [3.8, 4) is 0 Å². The van der Waals surface area contributed by atoms with E-state index in [9.17, 15) is 9.59 Å². The summed E-state index contributed by atoms with van der Waals surface area (Å²) in [5.74, 6) is -0.980. The van der Waals surface area contributed by atoms with Crippen molar-refractivity contribution in [2.45, 2.75) is 39.3 Å². The van der Waals surface area contributed by atoms with E-state index >= 15 is 0 Å². The second-order valence-corrected chi connectivity index (χ2v) is 3.60. The van der Waals surface area contributed by atoms with Crippen LogP contribution in [0.25, 0.3) is 0 Å². The van der Waals surface area contributed by atoms with E-state index in [-0.39, 0.29) is 31.0 Å². The van der Waals surface area contributed by atoms with Crippen LogP contribution in [0.3, 0.4) is 0 Å². The Morgan fingerprint density at radius 2 is 1.86 bits per heavy atom. The molecule has 0 fully saturated rings. The average Bonchev–Trinajstić information content (AvgIpc) is 1.98. The molecule has 5 heteroatoms. The molecule has 0 aromatic heterocycles. The van der Waals surface area contributed by atoms with Gasteiger partial charge in [-0.1, -0.05) is 0 Å². The number of carboxylic acid groups (broad SMARTS) is 1. The van der Waals surface area contributed by atoms with E-state index in [0.29, 0.717) is 0 Å². The third kappa shape index (κ3) is 7.54. The number of carbonyl (C=O) groups is 2. The van der Waals surface area contributed by atoms with E-state index in [1.54, 1.807) is 6.92 Å². The first-order chi connectivity index (χ1) is 6.41. The lowest BCUT2D eigenvalue weighted by Gasteiger charge is -2.12. The lowest BCUT2D eigenvalue weighted by molar-refractivity contribution is -0.137. The fourth-order valence-electron chi connectivity index (χ4n) is 0.974. The van der Waals surface area contributed by atoms with Gasteiger partial charge in [0, 0.05) is 12.1 Å². The minimum absolute atomic E-state index is 0.0228. The lowest BCUT2D eigenvalue weighted by Crippen LogP contribution is -2.41. The summed E-state index contributed by atoms with van der Waals surface area (Å²) in [6.45, 7) is 5.64. The number of amides is 1. The van der Waals surface area contributed by atoms with Crippen LogP contribution in [0.15, 0.2) is 0 Å². The fourth-order valence-corrected chi connectivity index (χ4v) is 0.974. The molecule has 1 atom stereocenters. The highest BCUT2D eigenvalue weighted by Gasteiger charge is 2.09. The molecule has 82 valence electrons. The average molecular weight is 202 g/mol. The Kier molecular flexibility index (Phi) is 5.87. The molecule has 0 saturated carbocycles. The molecule has 0 aliphatic carbocycles. The summed E-state index contributed by atoms with van der Waals surface area (Å²) >= 11 is 0. The normalized spacial score (nSPS) is 12.6. The van der Waals surface area contributed by atoms with Crippen LogP contribution in [0.4, 0.5) is 0 Å². The highest BCUT2D eigenvalue weighted by atomic mass is 16.4. The molecule has 1 unspecified atom stereocenters. The number of hydrogen-bond donors (Lipinski definition) is 3. The van der Waals surface area contributed by atoms with Crippen LogP contribution in [-0.4, -0.2) is 35.6 Å². The van der Waals surface area contributed by atoms with Gasteiger partial charge in [0.05, 0.1) is 13.0 Å². The lowest BCUT2D eigenvalue weighted by atomic mass is 10.2. The monoisotopic (exact) mass is 202 g/mol. The summed E-state index contributed by atoms with van der Waals surface area (Å²) in [7, 11) is 0. The van der Waals surface area contributed by atoms with Crippen molar-refractivity contribution in [3.63, 3.8) is 0 Å². The van der Waals surface area contributed by atoms with Gasteiger partial charge >= 0.3 is 5.97 Å². The molecular weight excluding hydrogens is 184 g/mol. The van der Waals surface area contributed by atoms with Crippen molar-refractivity contribution in [3.05, 3.63) is 0 Å². The van der Waals surface area contributed by atoms with Crippen LogP contribution in [0.2, 0.25) is 0 Å². The number of carbonyl (C=O) groups excluding carboxylic acids is 1. The summed E-state index contributed by atoms with van der Waals surface area (Å²) < 4.78 is 0. The quantitative estimate of drug-likeness (QED) is 0.565.